The SMILES string of the molecule is COc1cc(OC)cc(-c2ccc(C)c(C(=O)O)c2)c1. The van der Waals surface area contributed by atoms with E-state index >= 15 is 0 Å². The first-order chi connectivity index (χ1) is 9.55. The molecule has 0 saturated carbocycles. The molecule has 2 aromatic rings. The van der Waals surface area contributed by atoms with Gasteiger partial charge in [0.15, 0.2) is 0 Å². The molecular formula is C16H16O4. The van der Waals surface area contributed by atoms with Gasteiger partial charge in [-0.1, -0.05) is 12.1 Å². The molecule has 4 heteroatoms. The van der Waals surface area contributed by atoms with E-state index in [2.05, 4.69) is 0 Å². The van der Waals surface area contributed by atoms with Crippen LogP contribution in [0.5, 0.6) is 11.5 Å². The molecule has 104 valence electrons. The molecule has 2 aromatic carbocycles. The lowest BCUT2D eigenvalue weighted by Crippen LogP contribution is -1.99. The van der Waals surface area contributed by atoms with Crippen LogP contribution in [0.2, 0.25) is 0 Å². The molecule has 0 aliphatic rings. The van der Waals surface area contributed by atoms with Gasteiger partial charge in [0.05, 0.1) is 19.8 Å². The Kier molecular flexibility index (Phi) is 3.94. The number of benzene rings is 2. The van der Waals surface area contributed by atoms with E-state index in [9.17, 15) is 9.90 Å². The Balaban J connectivity index is 2.56. The summed E-state index contributed by atoms with van der Waals surface area (Å²) in [7, 11) is 3.16. The van der Waals surface area contributed by atoms with Gasteiger partial charge in [-0.05, 0) is 41.8 Å². The number of methoxy groups -OCH3 is 2. The summed E-state index contributed by atoms with van der Waals surface area (Å²) in [5, 5.41) is 9.19. The van der Waals surface area contributed by atoms with Crippen molar-refractivity contribution in [3.63, 3.8) is 0 Å². The van der Waals surface area contributed by atoms with Crippen LogP contribution in [-0.4, -0.2) is 25.3 Å². The van der Waals surface area contributed by atoms with Crippen molar-refractivity contribution in [1.29, 1.82) is 0 Å². The Hall–Kier alpha value is -2.49. The minimum Gasteiger partial charge on any atom is -0.497 e. The molecule has 0 amide bonds. The van der Waals surface area contributed by atoms with Crippen molar-refractivity contribution in [3.8, 4) is 22.6 Å². The molecule has 4 nitrogen and oxygen atoms in total. The Morgan fingerprint density at radius 2 is 1.55 bits per heavy atom. The summed E-state index contributed by atoms with van der Waals surface area (Å²) in [4.78, 5) is 11.2. The maximum Gasteiger partial charge on any atom is 0.335 e. The van der Waals surface area contributed by atoms with Crippen molar-refractivity contribution < 1.29 is 19.4 Å². The summed E-state index contributed by atoms with van der Waals surface area (Å²) in [6.45, 7) is 1.78. The third kappa shape index (κ3) is 2.74. The molecule has 1 N–H and O–H groups in total. The van der Waals surface area contributed by atoms with Crippen LogP contribution in [-0.2, 0) is 0 Å². The average molecular weight is 272 g/mol. The fourth-order valence-electron chi connectivity index (χ4n) is 2.01. The Morgan fingerprint density at radius 1 is 0.950 bits per heavy atom. The topological polar surface area (TPSA) is 55.8 Å². The van der Waals surface area contributed by atoms with Crippen LogP contribution in [0.1, 0.15) is 15.9 Å². The standard InChI is InChI=1S/C16H16O4/c1-10-4-5-11(8-15(10)16(17)18)12-6-13(19-2)9-14(7-12)20-3/h4-9H,1-3H3,(H,17,18). The summed E-state index contributed by atoms with van der Waals surface area (Å²) in [5.74, 6) is 0.396. The second kappa shape index (κ2) is 5.65. The van der Waals surface area contributed by atoms with Gasteiger partial charge in [-0.3, -0.25) is 0 Å². The van der Waals surface area contributed by atoms with E-state index in [0.717, 1.165) is 16.7 Å². The van der Waals surface area contributed by atoms with Gasteiger partial charge in [-0.2, -0.15) is 0 Å². The monoisotopic (exact) mass is 272 g/mol. The van der Waals surface area contributed by atoms with Gasteiger partial charge in [0.25, 0.3) is 0 Å². The van der Waals surface area contributed by atoms with Crippen LogP contribution in [0.15, 0.2) is 36.4 Å². The maximum atomic E-state index is 11.2. The molecule has 0 spiro atoms. The van der Waals surface area contributed by atoms with Crippen molar-refractivity contribution in [1.82, 2.24) is 0 Å². The van der Waals surface area contributed by atoms with Crippen LogP contribution >= 0.6 is 0 Å². The number of carboxylic acids is 1. The van der Waals surface area contributed by atoms with E-state index in [1.165, 1.54) is 0 Å². The molecule has 0 aromatic heterocycles. The number of hydrogen-bond donors (Lipinski definition) is 1. The van der Waals surface area contributed by atoms with E-state index < -0.39 is 5.97 Å². The zero-order valence-corrected chi connectivity index (χ0v) is 11.6. The quantitative estimate of drug-likeness (QED) is 0.927. The normalized spacial score (nSPS) is 10.2. The number of carbonyl (C=O) groups is 1. The minimum absolute atomic E-state index is 0.296. The highest BCUT2D eigenvalue weighted by Gasteiger charge is 2.10. The lowest BCUT2D eigenvalue weighted by atomic mass is 9.99. The van der Waals surface area contributed by atoms with Gasteiger partial charge in [0.1, 0.15) is 11.5 Å². The fourth-order valence-corrected chi connectivity index (χ4v) is 2.01. The zero-order chi connectivity index (χ0) is 14.7. The summed E-state index contributed by atoms with van der Waals surface area (Å²) in [5.41, 5.74) is 2.69. The molecule has 0 fully saturated rings. The van der Waals surface area contributed by atoms with Crippen molar-refractivity contribution in [2.75, 3.05) is 14.2 Å². The van der Waals surface area contributed by atoms with Crippen molar-refractivity contribution in [2.45, 2.75) is 6.92 Å². The Labute approximate surface area is 117 Å². The van der Waals surface area contributed by atoms with Gasteiger partial charge in [-0.15, -0.1) is 0 Å². The van der Waals surface area contributed by atoms with Crippen LogP contribution in [0.25, 0.3) is 11.1 Å². The summed E-state index contributed by atoms with van der Waals surface area (Å²) < 4.78 is 10.4. The Morgan fingerprint density at radius 3 is 2.05 bits per heavy atom. The second-order valence-electron chi connectivity index (χ2n) is 4.44. The first-order valence-electron chi connectivity index (χ1n) is 6.12. The van der Waals surface area contributed by atoms with Crippen LogP contribution in [0, 0.1) is 6.92 Å². The third-order valence-corrected chi connectivity index (χ3v) is 3.15. The lowest BCUT2D eigenvalue weighted by molar-refractivity contribution is 0.0696. The molecule has 0 saturated heterocycles. The zero-order valence-electron chi connectivity index (χ0n) is 11.6. The van der Waals surface area contributed by atoms with Crippen LogP contribution in [0.4, 0.5) is 0 Å². The summed E-state index contributed by atoms with van der Waals surface area (Å²) >= 11 is 0. The van der Waals surface area contributed by atoms with Gasteiger partial charge >= 0.3 is 5.97 Å². The molecule has 0 aliphatic heterocycles. The van der Waals surface area contributed by atoms with Crippen molar-refractivity contribution in [2.24, 2.45) is 0 Å². The molecule has 20 heavy (non-hydrogen) atoms. The van der Waals surface area contributed by atoms with Crippen molar-refractivity contribution >= 4 is 5.97 Å². The molecule has 0 aliphatic carbocycles. The first-order valence-corrected chi connectivity index (χ1v) is 6.12. The molecule has 0 radical (unpaired) electrons. The maximum absolute atomic E-state index is 11.2. The predicted molar refractivity (Wildman–Crippen MR) is 76.7 cm³/mol. The number of aromatic carboxylic acids is 1. The summed E-state index contributed by atoms with van der Waals surface area (Å²) in [6.07, 6.45) is 0. The van der Waals surface area contributed by atoms with Gasteiger partial charge in [-0.25, -0.2) is 4.79 Å². The molecule has 0 bridgehead atoms. The fraction of sp³-hybridized carbons (Fsp3) is 0.188. The number of rotatable bonds is 4. The first kappa shape index (κ1) is 13.9. The van der Waals surface area contributed by atoms with Crippen LogP contribution in [0.3, 0.4) is 0 Å². The molecule has 0 heterocycles. The molecule has 2 rings (SSSR count). The lowest BCUT2D eigenvalue weighted by Gasteiger charge is -2.10. The van der Waals surface area contributed by atoms with Crippen LogP contribution < -0.4 is 9.47 Å². The largest absolute Gasteiger partial charge is 0.497 e. The van der Waals surface area contributed by atoms with E-state index in [0.29, 0.717) is 17.1 Å². The highest BCUT2D eigenvalue weighted by molar-refractivity contribution is 5.91. The van der Waals surface area contributed by atoms with Gasteiger partial charge < -0.3 is 14.6 Å². The van der Waals surface area contributed by atoms with E-state index in [4.69, 9.17) is 9.47 Å². The Bertz CT molecular complexity index is 625. The highest BCUT2D eigenvalue weighted by atomic mass is 16.5. The average Bonchev–Trinajstić information content (AvgIpc) is 2.46. The number of carboxylic acid groups (broad SMARTS) is 1. The predicted octanol–water partition coefficient (Wildman–Crippen LogP) is 3.38. The molecule has 0 atom stereocenters. The molecule has 0 unspecified atom stereocenters. The van der Waals surface area contributed by atoms with Gasteiger partial charge in [0, 0.05) is 6.07 Å². The van der Waals surface area contributed by atoms with Crippen molar-refractivity contribution in [3.05, 3.63) is 47.5 Å². The number of hydrogen-bond acceptors (Lipinski definition) is 3. The minimum atomic E-state index is -0.931. The third-order valence-electron chi connectivity index (χ3n) is 3.15. The summed E-state index contributed by atoms with van der Waals surface area (Å²) in [6, 6.07) is 10.8. The van der Waals surface area contributed by atoms with E-state index in [-0.39, 0.29) is 0 Å². The van der Waals surface area contributed by atoms with Gasteiger partial charge in [0.2, 0.25) is 0 Å². The highest BCUT2D eigenvalue weighted by Crippen LogP contribution is 2.30. The van der Waals surface area contributed by atoms with E-state index in [1.807, 2.05) is 18.2 Å². The number of ether oxygens (including phenoxy) is 2. The van der Waals surface area contributed by atoms with E-state index in [1.54, 1.807) is 39.3 Å². The molecular weight excluding hydrogens is 256 g/mol. The smallest absolute Gasteiger partial charge is 0.335 e. The number of aryl methyl sites for hydroxylation is 1. The second-order valence-corrected chi connectivity index (χ2v) is 4.44.